The Hall–Kier alpha value is -1.64. The van der Waals surface area contributed by atoms with E-state index in [1.54, 1.807) is 0 Å². The van der Waals surface area contributed by atoms with Crippen molar-refractivity contribution >= 4 is 0 Å². The maximum absolute atomic E-state index is 5.73. The van der Waals surface area contributed by atoms with Crippen molar-refractivity contribution in [3.63, 3.8) is 0 Å². The van der Waals surface area contributed by atoms with Gasteiger partial charge in [0.1, 0.15) is 0 Å². The highest BCUT2D eigenvalue weighted by Crippen LogP contribution is 2.29. The van der Waals surface area contributed by atoms with Crippen LogP contribution >= 0.6 is 0 Å². The molecule has 1 saturated heterocycles. The zero-order chi connectivity index (χ0) is 12.2. The first-order chi connectivity index (χ1) is 8.93. The fraction of sp³-hybridized carbons (Fsp3) is 0.250. The third kappa shape index (κ3) is 2.78. The molecule has 2 nitrogen and oxygen atoms in total. The molecule has 2 atom stereocenters. The van der Waals surface area contributed by atoms with Crippen LogP contribution in [0.5, 0.6) is 0 Å². The van der Waals surface area contributed by atoms with Crippen LogP contribution in [0.2, 0.25) is 0 Å². The number of hydrogen-bond acceptors (Lipinski definition) is 2. The average molecular weight is 239 g/mol. The molecule has 1 aliphatic heterocycles. The molecule has 2 aromatic rings. The Morgan fingerprint density at radius 1 is 0.889 bits per heavy atom. The summed E-state index contributed by atoms with van der Waals surface area (Å²) < 4.78 is 5.73. The molecule has 0 aliphatic carbocycles. The summed E-state index contributed by atoms with van der Waals surface area (Å²) in [6, 6.07) is 21.8. The lowest BCUT2D eigenvalue weighted by atomic mass is 10.1. The molecule has 0 amide bonds. The number of hydrogen-bond donors (Lipinski definition) is 1. The normalized spacial score (nSPS) is 21.8. The predicted octanol–water partition coefficient (Wildman–Crippen LogP) is 2.92. The molecule has 0 aromatic heterocycles. The van der Waals surface area contributed by atoms with Crippen molar-refractivity contribution in [2.45, 2.75) is 18.7 Å². The molecule has 0 bridgehead atoms. The number of benzene rings is 2. The van der Waals surface area contributed by atoms with E-state index in [4.69, 9.17) is 4.74 Å². The van der Waals surface area contributed by atoms with Gasteiger partial charge in [-0.3, -0.25) is 0 Å². The van der Waals surface area contributed by atoms with E-state index in [9.17, 15) is 0 Å². The second-order valence-electron chi connectivity index (χ2n) is 4.66. The van der Waals surface area contributed by atoms with Crippen molar-refractivity contribution in [2.24, 2.45) is 0 Å². The van der Waals surface area contributed by atoms with Crippen molar-refractivity contribution in [2.75, 3.05) is 6.61 Å². The van der Waals surface area contributed by atoms with Crippen molar-refractivity contribution in [3.05, 3.63) is 71.8 Å². The highest BCUT2D eigenvalue weighted by molar-refractivity contribution is 5.26. The van der Waals surface area contributed by atoms with Crippen LogP contribution < -0.4 is 5.32 Å². The molecule has 3 rings (SSSR count). The van der Waals surface area contributed by atoms with E-state index >= 15 is 0 Å². The highest BCUT2D eigenvalue weighted by atomic mass is 16.5. The fourth-order valence-corrected chi connectivity index (χ4v) is 2.19. The van der Waals surface area contributed by atoms with Crippen LogP contribution in [0.4, 0.5) is 0 Å². The average Bonchev–Trinajstić information content (AvgIpc) is 3.21. The van der Waals surface area contributed by atoms with E-state index in [2.05, 4.69) is 41.7 Å². The van der Waals surface area contributed by atoms with Crippen LogP contribution in [0.3, 0.4) is 0 Å². The van der Waals surface area contributed by atoms with E-state index < -0.39 is 0 Å². The quantitative estimate of drug-likeness (QED) is 0.813. The molecule has 0 spiro atoms. The molecule has 0 radical (unpaired) electrons. The summed E-state index contributed by atoms with van der Waals surface area (Å²) in [5.74, 6) is 0. The Balaban J connectivity index is 1.44. The molecular formula is C16H17NO. The van der Waals surface area contributed by atoms with Gasteiger partial charge in [0.15, 0.2) is 0 Å². The van der Waals surface area contributed by atoms with Gasteiger partial charge in [0, 0.05) is 0 Å². The fourth-order valence-electron chi connectivity index (χ4n) is 2.19. The molecule has 1 N–H and O–H groups in total. The lowest BCUT2D eigenvalue weighted by molar-refractivity contribution is 0.121. The van der Waals surface area contributed by atoms with Gasteiger partial charge in [-0.2, -0.15) is 0 Å². The Labute approximate surface area is 108 Å². The first kappa shape index (κ1) is 11.5. The number of nitrogens with one attached hydrogen (secondary N) is 1. The van der Waals surface area contributed by atoms with Gasteiger partial charge in [-0.25, -0.2) is 0 Å². The first-order valence-electron chi connectivity index (χ1n) is 6.36. The molecule has 1 aliphatic rings. The zero-order valence-electron chi connectivity index (χ0n) is 10.3. The smallest absolute Gasteiger partial charge is 0.0717 e. The van der Waals surface area contributed by atoms with Crippen LogP contribution in [0.25, 0.3) is 0 Å². The summed E-state index contributed by atoms with van der Waals surface area (Å²) in [7, 11) is 0. The summed E-state index contributed by atoms with van der Waals surface area (Å²) in [5.41, 5.74) is 2.58. The van der Waals surface area contributed by atoms with E-state index in [0.29, 0.717) is 18.7 Å². The molecule has 18 heavy (non-hydrogen) atoms. The maximum Gasteiger partial charge on any atom is 0.0717 e. The lowest BCUT2D eigenvalue weighted by Gasteiger charge is -2.03. The topological polar surface area (TPSA) is 31.2 Å². The third-order valence-electron chi connectivity index (χ3n) is 3.25. The van der Waals surface area contributed by atoms with E-state index in [-0.39, 0.29) is 0 Å². The minimum Gasteiger partial charge on any atom is -0.375 e. The van der Waals surface area contributed by atoms with Crippen LogP contribution in [-0.2, 0) is 11.3 Å². The van der Waals surface area contributed by atoms with E-state index in [1.807, 2.05) is 24.3 Å². The van der Waals surface area contributed by atoms with Gasteiger partial charge in [0.25, 0.3) is 0 Å². The Bertz CT molecular complexity index is 483. The minimum atomic E-state index is 0.469. The van der Waals surface area contributed by atoms with E-state index in [1.165, 1.54) is 11.1 Å². The molecule has 92 valence electrons. The predicted molar refractivity (Wildman–Crippen MR) is 72.2 cm³/mol. The standard InChI is InChI=1S/C16H17NO/c1-3-7-13(8-4-1)11-18-12-15-16(17-15)14-9-5-2-6-10-14/h1-10,15-17H,11-12H2/t15-,16+/m0/s1. The molecule has 2 heteroatoms. The molecule has 2 aromatic carbocycles. The van der Waals surface area contributed by atoms with Gasteiger partial charge in [-0.15, -0.1) is 0 Å². The monoisotopic (exact) mass is 239 g/mol. The summed E-state index contributed by atoms with van der Waals surface area (Å²) in [5, 5.41) is 3.45. The van der Waals surface area contributed by atoms with Crippen LogP contribution in [-0.4, -0.2) is 12.6 Å². The third-order valence-corrected chi connectivity index (χ3v) is 3.25. The van der Waals surface area contributed by atoms with Gasteiger partial charge in [0.05, 0.1) is 25.3 Å². The van der Waals surface area contributed by atoms with Gasteiger partial charge in [0.2, 0.25) is 0 Å². The van der Waals surface area contributed by atoms with Gasteiger partial charge in [-0.1, -0.05) is 60.7 Å². The van der Waals surface area contributed by atoms with Crippen LogP contribution in [0.15, 0.2) is 60.7 Å². The van der Waals surface area contributed by atoms with Gasteiger partial charge < -0.3 is 10.1 Å². The summed E-state index contributed by atoms with van der Waals surface area (Å²) in [4.78, 5) is 0. The summed E-state index contributed by atoms with van der Waals surface area (Å²) in [6.45, 7) is 1.47. The van der Waals surface area contributed by atoms with E-state index in [0.717, 1.165) is 6.61 Å². The lowest BCUT2D eigenvalue weighted by Crippen LogP contribution is -2.04. The second kappa shape index (κ2) is 5.34. The zero-order valence-corrected chi connectivity index (χ0v) is 10.3. The Kier molecular flexibility index (Phi) is 3.40. The van der Waals surface area contributed by atoms with Crippen molar-refractivity contribution in [3.8, 4) is 0 Å². The first-order valence-corrected chi connectivity index (χ1v) is 6.36. The minimum absolute atomic E-state index is 0.469. The van der Waals surface area contributed by atoms with Gasteiger partial charge in [-0.05, 0) is 11.1 Å². The molecular weight excluding hydrogens is 222 g/mol. The van der Waals surface area contributed by atoms with Crippen molar-refractivity contribution < 1.29 is 4.74 Å². The molecule has 1 fully saturated rings. The van der Waals surface area contributed by atoms with Crippen LogP contribution in [0.1, 0.15) is 17.2 Å². The number of ether oxygens (including phenoxy) is 1. The van der Waals surface area contributed by atoms with Crippen molar-refractivity contribution in [1.29, 1.82) is 0 Å². The number of rotatable bonds is 5. The van der Waals surface area contributed by atoms with Crippen LogP contribution in [0, 0.1) is 0 Å². The van der Waals surface area contributed by atoms with Gasteiger partial charge >= 0.3 is 0 Å². The summed E-state index contributed by atoms with van der Waals surface area (Å²) >= 11 is 0. The summed E-state index contributed by atoms with van der Waals surface area (Å²) in [6.07, 6.45) is 0. The molecule has 0 saturated carbocycles. The second-order valence-corrected chi connectivity index (χ2v) is 4.66. The largest absolute Gasteiger partial charge is 0.375 e. The highest BCUT2D eigenvalue weighted by Gasteiger charge is 2.37. The Morgan fingerprint density at radius 2 is 1.56 bits per heavy atom. The Morgan fingerprint density at radius 3 is 2.28 bits per heavy atom. The molecule has 1 heterocycles. The SMILES string of the molecule is c1ccc(COC[C@@H]2N[C@@H]2c2ccccc2)cc1. The van der Waals surface area contributed by atoms with Crippen molar-refractivity contribution in [1.82, 2.24) is 5.32 Å². The maximum atomic E-state index is 5.73. The molecule has 0 unspecified atom stereocenters.